The van der Waals surface area contributed by atoms with Crippen LogP contribution >= 0.6 is 11.3 Å². The van der Waals surface area contributed by atoms with Crippen LogP contribution < -0.4 is 9.80 Å². The van der Waals surface area contributed by atoms with Crippen molar-refractivity contribution in [1.82, 2.24) is 0 Å². The third-order valence-electron chi connectivity index (χ3n) is 9.59. The van der Waals surface area contributed by atoms with Crippen LogP contribution in [-0.4, -0.2) is 0 Å². The summed E-state index contributed by atoms with van der Waals surface area (Å²) in [5.41, 5.74) is 8.31. The highest BCUT2D eigenvalue weighted by Crippen LogP contribution is 2.51. The average Bonchev–Trinajstić information content (AvgIpc) is 3.76. The molecule has 0 fully saturated rings. The second-order valence-electron chi connectivity index (χ2n) is 12.5. The summed E-state index contributed by atoms with van der Waals surface area (Å²) in [6.45, 7) is 0. The first-order chi connectivity index (χ1) is 24.8. The maximum Gasteiger partial charge on any atom is 0.137 e. The van der Waals surface area contributed by atoms with Gasteiger partial charge in [0.15, 0.2) is 0 Å². The van der Waals surface area contributed by atoms with Gasteiger partial charge in [0, 0.05) is 43.6 Å². The first-order valence-electron chi connectivity index (χ1n) is 16.9. The minimum absolute atomic E-state index is 0.870. The van der Waals surface area contributed by atoms with Gasteiger partial charge in [0.05, 0.1) is 21.5 Å². The Labute approximate surface area is 293 Å². The SMILES string of the molecule is c1ccc(N(c2ccccc2)c2cc(N(c3ccccc3)c3cccc4oc5ccccc5c34)c3sc4c5ccccc5ccc4c3c2)cc1. The van der Waals surface area contributed by atoms with Gasteiger partial charge in [-0.3, -0.25) is 0 Å². The number of thiophene rings is 1. The number of benzene rings is 8. The van der Waals surface area contributed by atoms with Crippen molar-refractivity contribution in [2.75, 3.05) is 9.80 Å². The Kier molecular flexibility index (Phi) is 6.68. The summed E-state index contributed by atoms with van der Waals surface area (Å²) in [6.07, 6.45) is 0. The number of rotatable bonds is 6. The van der Waals surface area contributed by atoms with E-state index in [1.54, 1.807) is 0 Å². The molecule has 8 aromatic carbocycles. The molecule has 50 heavy (non-hydrogen) atoms. The number of para-hydroxylation sites is 4. The van der Waals surface area contributed by atoms with E-state index >= 15 is 0 Å². The van der Waals surface area contributed by atoms with Crippen LogP contribution in [0.25, 0.3) is 52.9 Å². The number of fused-ring (bicyclic) bond motifs is 8. The van der Waals surface area contributed by atoms with E-state index < -0.39 is 0 Å². The Balaban J connectivity index is 1.35. The standard InChI is InChI=1S/C46H30N2OS/c1-4-16-32(17-5-1)47(33-18-6-2-7-19-33)35-29-39-37-28-27-31-15-10-11-22-36(31)45(37)50-46(39)41(30-35)48(34-20-8-3-9-21-34)40-24-14-26-43-44(40)38-23-12-13-25-42(38)49-43/h1-30H. The molecule has 0 saturated heterocycles. The molecule has 10 rings (SSSR count). The molecule has 236 valence electrons. The zero-order chi connectivity index (χ0) is 33.0. The van der Waals surface area contributed by atoms with E-state index in [0.29, 0.717) is 0 Å². The van der Waals surface area contributed by atoms with Crippen molar-refractivity contribution in [3.05, 3.63) is 182 Å². The van der Waals surface area contributed by atoms with Gasteiger partial charge in [-0.25, -0.2) is 0 Å². The summed E-state index contributed by atoms with van der Waals surface area (Å²) in [6, 6.07) is 64.8. The van der Waals surface area contributed by atoms with Crippen molar-refractivity contribution in [1.29, 1.82) is 0 Å². The van der Waals surface area contributed by atoms with Crippen molar-refractivity contribution < 1.29 is 4.42 Å². The number of nitrogens with zero attached hydrogens (tertiary/aromatic N) is 2. The summed E-state index contributed by atoms with van der Waals surface area (Å²) in [5.74, 6) is 0. The second-order valence-corrected chi connectivity index (χ2v) is 13.6. The molecular formula is C46H30N2OS. The van der Waals surface area contributed by atoms with Gasteiger partial charge in [-0.15, -0.1) is 11.3 Å². The maximum absolute atomic E-state index is 6.44. The Morgan fingerprint density at radius 3 is 1.68 bits per heavy atom. The molecule has 0 atom stereocenters. The van der Waals surface area contributed by atoms with Crippen LogP contribution in [0.2, 0.25) is 0 Å². The fourth-order valence-electron chi connectivity index (χ4n) is 7.40. The summed E-state index contributed by atoms with van der Waals surface area (Å²) in [5, 5.41) is 7.20. The Hall–Kier alpha value is -6.36. The van der Waals surface area contributed by atoms with Crippen LogP contribution in [0.4, 0.5) is 34.1 Å². The summed E-state index contributed by atoms with van der Waals surface area (Å²) in [4.78, 5) is 4.80. The minimum Gasteiger partial charge on any atom is -0.456 e. The van der Waals surface area contributed by atoms with E-state index in [-0.39, 0.29) is 0 Å². The monoisotopic (exact) mass is 658 g/mol. The lowest BCUT2D eigenvalue weighted by Gasteiger charge is -2.30. The highest BCUT2D eigenvalue weighted by atomic mass is 32.1. The quantitative estimate of drug-likeness (QED) is 0.177. The predicted molar refractivity (Wildman–Crippen MR) is 213 cm³/mol. The molecule has 0 bridgehead atoms. The van der Waals surface area contributed by atoms with Crippen molar-refractivity contribution in [2.24, 2.45) is 0 Å². The van der Waals surface area contributed by atoms with E-state index in [1.165, 1.54) is 30.9 Å². The normalized spacial score (nSPS) is 11.6. The molecule has 4 heteroatoms. The first-order valence-corrected chi connectivity index (χ1v) is 17.7. The molecule has 0 saturated carbocycles. The van der Waals surface area contributed by atoms with Gasteiger partial charge in [-0.1, -0.05) is 115 Å². The van der Waals surface area contributed by atoms with Crippen LogP contribution in [-0.2, 0) is 0 Å². The highest BCUT2D eigenvalue weighted by Gasteiger charge is 2.25. The van der Waals surface area contributed by atoms with Crippen LogP contribution in [0.3, 0.4) is 0 Å². The van der Waals surface area contributed by atoms with Gasteiger partial charge in [-0.05, 0) is 77.5 Å². The number of furan rings is 1. The molecule has 0 amide bonds. The largest absolute Gasteiger partial charge is 0.456 e. The van der Waals surface area contributed by atoms with E-state index in [2.05, 4.69) is 186 Å². The molecule has 2 aromatic heterocycles. The number of hydrogen-bond acceptors (Lipinski definition) is 4. The molecule has 0 unspecified atom stereocenters. The molecular weight excluding hydrogens is 629 g/mol. The van der Waals surface area contributed by atoms with Crippen LogP contribution in [0.15, 0.2) is 186 Å². The van der Waals surface area contributed by atoms with Gasteiger partial charge in [-0.2, -0.15) is 0 Å². The highest BCUT2D eigenvalue weighted by molar-refractivity contribution is 7.27. The summed E-state index contributed by atoms with van der Waals surface area (Å²) in [7, 11) is 0. The van der Waals surface area contributed by atoms with Crippen molar-refractivity contribution >= 4 is 98.3 Å². The third kappa shape index (κ3) is 4.57. The molecule has 0 aliphatic heterocycles. The second kappa shape index (κ2) is 11.7. The zero-order valence-corrected chi connectivity index (χ0v) is 27.8. The van der Waals surface area contributed by atoms with E-state index in [4.69, 9.17) is 4.42 Å². The van der Waals surface area contributed by atoms with E-state index in [1.807, 2.05) is 17.4 Å². The molecule has 0 spiro atoms. The Morgan fingerprint density at radius 1 is 0.360 bits per heavy atom. The van der Waals surface area contributed by atoms with Gasteiger partial charge >= 0.3 is 0 Å². The smallest absolute Gasteiger partial charge is 0.137 e. The number of hydrogen-bond donors (Lipinski definition) is 0. The molecule has 3 nitrogen and oxygen atoms in total. The molecule has 0 radical (unpaired) electrons. The van der Waals surface area contributed by atoms with Crippen LogP contribution in [0.1, 0.15) is 0 Å². The zero-order valence-electron chi connectivity index (χ0n) is 27.0. The number of anilines is 6. The molecule has 10 aromatic rings. The maximum atomic E-state index is 6.44. The fourth-order valence-corrected chi connectivity index (χ4v) is 8.72. The molecule has 0 aliphatic carbocycles. The molecule has 2 heterocycles. The summed E-state index contributed by atoms with van der Waals surface area (Å²) < 4.78 is 8.97. The van der Waals surface area contributed by atoms with Gasteiger partial charge < -0.3 is 14.2 Å². The predicted octanol–water partition coefficient (Wildman–Crippen LogP) is 14.0. The first kappa shape index (κ1) is 28.6. The van der Waals surface area contributed by atoms with Gasteiger partial charge in [0.25, 0.3) is 0 Å². The van der Waals surface area contributed by atoms with Crippen LogP contribution in [0, 0.1) is 0 Å². The lowest BCUT2D eigenvalue weighted by Crippen LogP contribution is -2.13. The molecule has 0 N–H and O–H groups in total. The lowest BCUT2D eigenvalue weighted by molar-refractivity contribution is 0.669. The summed E-state index contributed by atoms with van der Waals surface area (Å²) >= 11 is 1.87. The fraction of sp³-hybridized carbons (Fsp3) is 0. The van der Waals surface area contributed by atoms with E-state index in [9.17, 15) is 0 Å². The lowest BCUT2D eigenvalue weighted by atomic mass is 10.0. The Morgan fingerprint density at radius 2 is 0.960 bits per heavy atom. The van der Waals surface area contributed by atoms with Gasteiger partial charge in [0.1, 0.15) is 11.2 Å². The van der Waals surface area contributed by atoms with Gasteiger partial charge in [0.2, 0.25) is 0 Å². The van der Waals surface area contributed by atoms with Crippen molar-refractivity contribution in [2.45, 2.75) is 0 Å². The third-order valence-corrected chi connectivity index (χ3v) is 10.9. The topological polar surface area (TPSA) is 19.6 Å². The van der Waals surface area contributed by atoms with Crippen molar-refractivity contribution in [3.63, 3.8) is 0 Å². The van der Waals surface area contributed by atoms with Crippen LogP contribution in [0.5, 0.6) is 0 Å². The van der Waals surface area contributed by atoms with Crippen molar-refractivity contribution in [3.8, 4) is 0 Å². The Bertz CT molecular complexity index is 2780. The molecule has 0 aliphatic rings. The minimum atomic E-state index is 0.870. The van der Waals surface area contributed by atoms with E-state index in [0.717, 1.165) is 56.1 Å². The average molecular weight is 659 g/mol.